The molecule has 0 saturated carbocycles. The van der Waals surface area contributed by atoms with Crippen molar-refractivity contribution < 1.29 is 70.8 Å². The average Bonchev–Trinajstić information content (AvgIpc) is 1.57. The maximum absolute atomic E-state index is 10.2. The normalized spacial score (nSPS) is 13.2. The molecule has 0 atom stereocenters. The molecule has 0 aliphatic rings. The number of rotatable bonds is 2. The van der Waals surface area contributed by atoms with E-state index in [0.717, 1.165) is 6.08 Å². The van der Waals surface area contributed by atoms with Gasteiger partial charge in [-0.2, -0.15) is 0 Å². The predicted octanol–water partition coefficient (Wildman–Crippen LogP) is -2.55. The number of hydrogen-bond acceptors (Lipinski definition) is 2. The van der Waals surface area contributed by atoms with Crippen molar-refractivity contribution in [3.63, 3.8) is 0 Å². The molecule has 0 saturated heterocycles. The summed E-state index contributed by atoms with van der Waals surface area (Å²) in [6, 6.07) is 0. The summed E-state index contributed by atoms with van der Waals surface area (Å²) in [5, 5.41) is 8.95. The molecule has 0 spiro atoms. The first kappa shape index (κ1) is 15.0. The molecule has 0 aromatic heterocycles. The monoisotopic (exact) mass is 205 g/mol. The summed E-state index contributed by atoms with van der Waals surface area (Å²) in [7, 11) is -4.10. The minimum Gasteiger partial charge on any atom is -0.386 e. The molecule has 0 aromatic rings. The first-order valence-electron chi connectivity index (χ1n) is 2.69. The van der Waals surface area contributed by atoms with E-state index in [9.17, 15) is 4.57 Å². The fourth-order valence-electron chi connectivity index (χ4n) is 0.280. The van der Waals surface area contributed by atoms with Gasteiger partial charge in [-0.25, -0.2) is 0 Å². The van der Waals surface area contributed by atoms with Crippen LogP contribution < -0.4 is 51.4 Å². The molecule has 60 valence electrons. The van der Waals surface area contributed by atoms with Gasteiger partial charge in [0.1, 0.15) is 0 Å². The van der Waals surface area contributed by atoms with Gasteiger partial charge in [0.05, 0.1) is 5.60 Å². The minimum absolute atomic E-state index is 0. The molecule has 0 amide bonds. The maximum Gasteiger partial charge on any atom is 1.00 e. The summed E-state index contributed by atoms with van der Waals surface area (Å²) < 4.78 is 10.2. The Morgan fingerprint density at radius 2 is 1.73 bits per heavy atom. The second kappa shape index (κ2) is 5.27. The van der Waals surface area contributed by atoms with Crippen LogP contribution in [0.3, 0.4) is 0 Å². The van der Waals surface area contributed by atoms with Crippen LogP contribution in [-0.4, -0.2) is 20.5 Å². The van der Waals surface area contributed by atoms with Crippen LogP contribution in [0, 0.1) is 0 Å². The Hall–Kier alpha value is 1.49. The zero-order valence-corrected chi connectivity index (χ0v) is 10.9. The fourth-order valence-corrected chi connectivity index (χ4v) is 0.839. The molecule has 6 heteroatoms. The number of hydrogen-bond donors (Lipinski definition) is 3. The van der Waals surface area contributed by atoms with Crippen LogP contribution in [-0.2, 0) is 4.57 Å². The van der Waals surface area contributed by atoms with Crippen LogP contribution >= 0.6 is 7.60 Å². The maximum atomic E-state index is 10.2. The SMILES string of the molecule is CC(C)(O)/C=C\P(=O)(O)O.[K+]. The number of aliphatic hydroxyl groups is 1. The van der Waals surface area contributed by atoms with E-state index < -0.39 is 13.2 Å². The summed E-state index contributed by atoms with van der Waals surface area (Å²) in [6.45, 7) is 2.86. The average molecular weight is 205 g/mol. The van der Waals surface area contributed by atoms with Crippen LogP contribution in [0.4, 0.5) is 0 Å². The van der Waals surface area contributed by atoms with Gasteiger partial charge < -0.3 is 14.9 Å². The van der Waals surface area contributed by atoms with Crippen molar-refractivity contribution in [2.75, 3.05) is 0 Å². The second-order valence-electron chi connectivity index (χ2n) is 2.56. The summed E-state index contributed by atoms with van der Waals surface area (Å²) in [5.41, 5.74) is -1.17. The van der Waals surface area contributed by atoms with Crippen LogP contribution in [0.5, 0.6) is 0 Å². The largest absolute Gasteiger partial charge is 1.00 e. The van der Waals surface area contributed by atoms with Crippen molar-refractivity contribution in [1.29, 1.82) is 0 Å². The Labute approximate surface area is 108 Å². The molecule has 3 N–H and O–H groups in total. The van der Waals surface area contributed by atoms with Crippen molar-refractivity contribution >= 4 is 7.60 Å². The Kier molecular flexibility index (Phi) is 7.17. The van der Waals surface area contributed by atoms with Gasteiger partial charge in [-0.15, -0.1) is 0 Å². The van der Waals surface area contributed by atoms with Crippen molar-refractivity contribution in [3.8, 4) is 0 Å². The van der Waals surface area contributed by atoms with Gasteiger partial charge in [-0.1, -0.05) is 0 Å². The van der Waals surface area contributed by atoms with Gasteiger partial charge in [-0.3, -0.25) is 4.57 Å². The van der Waals surface area contributed by atoms with E-state index in [2.05, 4.69) is 0 Å². The molecule has 0 aromatic carbocycles. The van der Waals surface area contributed by atoms with E-state index in [0.29, 0.717) is 5.82 Å². The van der Waals surface area contributed by atoms with Crippen molar-refractivity contribution in [1.82, 2.24) is 0 Å². The van der Waals surface area contributed by atoms with E-state index in [-0.39, 0.29) is 51.4 Å². The van der Waals surface area contributed by atoms with Crippen LogP contribution in [0.25, 0.3) is 0 Å². The first-order chi connectivity index (χ1) is 4.21. The van der Waals surface area contributed by atoms with Gasteiger partial charge in [0.15, 0.2) is 0 Å². The van der Waals surface area contributed by atoms with E-state index in [1.54, 1.807) is 0 Å². The van der Waals surface area contributed by atoms with Crippen LogP contribution in [0.1, 0.15) is 13.8 Å². The van der Waals surface area contributed by atoms with E-state index >= 15 is 0 Å². The molecule has 11 heavy (non-hydrogen) atoms. The second-order valence-corrected chi connectivity index (χ2v) is 4.03. The topological polar surface area (TPSA) is 77.8 Å². The fraction of sp³-hybridized carbons (Fsp3) is 0.600. The minimum atomic E-state index is -4.10. The molecule has 0 aliphatic heterocycles. The van der Waals surface area contributed by atoms with Gasteiger partial charge in [0.2, 0.25) is 0 Å². The zero-order chi connectivity index (χ0) is 8.41. The van der Waals surface area contributed by atoms with Crippen molar-refractivity contribution in [2.45, 2.75) is 19.4 Å². The molecule has 0 fully saturated rings. The third-order valence-electron chi connectivity index (χ3n) is 0.677. The molecule has 0 radical (unpaired) electrons. The molecule has 0 bridgehead atoms. The predicted molar refractivity (Wildman–Crippen MR) is 37.5 cm³/mol. The molecule has 0 heterocycles. The smallest absolute Gasteiger partial charge is 0.386 e. The van der Waals surface area contributed by atoms with Crippen LogP contribution in [0.15, 0.2) is 11.9 Å². The Morgan fingerprint density at radius 3 is 1.82 bits per heavy atom. The van der Waals surface area contributed by atoms with E-state index in [1.807, 2.05) is 0 Å². The molecule has 4 nitrogen and oxygen atoms in total. The van der Waals surface area contributed by atoms with E-state index in [1.165, 1.54) is 13.8 Å². The summed E-state index contributed by atoms with van der Waals surface area (Å²) >= 11 is 0. The van der Waals surface area contributed by atoms with Crippen molar-refractivity contribution in [3.05, 3.63) is 11.9 Å². The Bertz CT molecular complexity index is 177. The molecule has 0 unspecified atom stereocenters. The van der Waals surface area contributed by atoms with E-state index in [4.69, 9.17) is 14.9 Å². The first-order valence-corrected chi connectivity index (χ1v) is 4.37. The van der Waals surface area contributed by atoms with Crippen LogP contribution in [0.2, 0.25) is 0 Å². The molecular formula is C5H11KO4P+. The van der Waals surface area contributed by atoms with Gasteiger partial charge >= 0.3 is 59.0 Å². The van der Waals surface area contributed by atoms with Gasteiger partial charge in [-0.05, 0) is 19.9 Å². The summed E-state index contributed by atoms with van der Waals surface area (Å²) in [6.07, 6.45) is 1.06. The zero-order valence-electron chi connectivity index (χ0n) is 6.85. The molecule has 0 rings (SSSR count). The molecular weight excluding hydrogens is 194 g/mol. The quantitative estimate of drug-likeness (QED) is 0.343. The standard InChI is InChI=1S/C5H11O4P.K/c1-5(2,6)3-4-10(7,8)9;/h3-4,6H,1-2H3,(H2,7,8,9);/q;+1/b4-3-;. The Balaban J connectivity index is 0. The Morgan fingerprint density at radius 1 is 1.36 bits per heavy atom. The summed E-state index contributed by atoms with van der Waals surface area (Å²) in [5.74, 6) is 0.688. The van der Waals surface area contributed by atoms with Crippen molar-refractivity contribution in [2.24, 2.45) is 0 Å². The third-order valence-corrected chi connectivity index (χ3v) is 1.21. The van der Waals surface area contributed by atoms with Gasteiger partial charge in [0, 0.05) is 5.82 Å². The third kappa shape index (κ3) is 14.4. The molecule has 0 aliphatic carbocycles. The van der Waals surface area contributed by atoms with Gasteiger partial charge in [0.25, 0.3) is 0 Å². The summed E-state index contributed by atoms with van der Waals surface area (Å²) in [4.78, 5) is 16.6.